The van der Waals surface area contributed by atoms with Crippen LogP contribution in [0.4, 0.5) is 10.1 Å². The van der Waals surface area contributed by atoms with E-state index in [2.05, 4.69) is 10.3 Å². The van der Waals surface area contributed by atoms with E-state index in [1.165, 1.54) is 12.1 Å². The van der Waals surface area contributed by atoms with Crippen molar-refractivity contribution in [3.8, 4) is 17.0 Å². The summed E-state index contributed by atoms with van der Waals surface area (Å²) in [6.45, 7) is 2.02. The largest absolute Gasteiger partial charge is 0.497 e. The number of carbonyl (C=O) groups is 1. The Morgan fingerprint density at radius 1 is 1.03 bits per heavy atom. The van der Waals surface area contributed by atoms with Gasteiger partial charge in [-0.1, -0.05) is 11.6 Å². The second-order valence-electron chi connectivity index (χ2n) is 7.83. The van der Waals surface area contributed by atoms with Crippen molar-refractivity contribution >= 4 is 33.4 Å². The molecule has 0 saturated carbocycles. The maximum Gasteiger partial charge on any atom is 0.246 e. The Morgan fingerprint density at radius 2 is 1.79 bits per heavy atom. The van der Waals surface area contributed by atoms with Crippen LogP contribution < -0.4 is 10.1 Å². The van der Waals surface area contributed by atoms with Crippen molar-refractivity contribution in [1.82, 2.24) is 14.8 Å². The Morgan fingerprint density at radius 3 is 2.52 bits per heavy atom. The van der Waals surface area contributed by atoms with E-state index >= 15 is 0 Å². The number of aryl methyl sites for hydroxylation is 1. The van der Waals surface area contributed by atoms with Crippen LogP contribution in [0.3, 0.4) is 0 Å². The van der Waals surface area contributed by atoms with Gasteiger partial charge >= 0.3 is 0 Å². The quantitative estimate of drug-likeness (QED) is 0.400. The van der Waals surface area contributed by atoms with E-state index in [1.54, 1.807) is 54.4 Å². The van der Waals surface area contributed by atoms with Crippen LogP contribution in [0.25, 0.3) is 33.1 Å². The van der Waals surface area contributed by atoms with Gasteiger partial charge in [-0.3, -0.25) is 14.5 Å². The molecule has 164 valence electrons. The molecule has 6 nitrogen and oxygen atoms in total. The lowest BCUT2D eigenvalue weighted by Gasteiger charge is -2.08. The number of aromatic nitrogens is 3. The van der Waals surface area contributed by atoms with Gasteiger partial charge < -0.3 is 10.1 Å². The minimum absolute atomic E-state index is 0.0107. The third kappa shape index (κ3) is 4.01. The summed E-state index contributed by atoms with van der Waals surface area (Å²) in [5.41, 5.74) is 4.78. The molecule has 33 heavy (non-hydrogen) atoms. The molecule has 0 aliphatic rings. The molecule has 1 N–H and O–H groups in total. The zero-order valence-corrected chi connectivity index (χ0v) is 18.2. The van der Waals surface area contributed by atoms with Crippen LogP contribution in [0, 0.1) is 12.7 Å². The summed E-state index contributed by atoms with van der Waals surface area (Å²) >= 11 is 0. The molecular formula is C26H21FN4O2. The van der Waals surface area contributed by atoms with Crippen LogP contribution in [-0.2, 0) is 11.3 Å². The number of nitrogens with one attached hydrogen (secondary N) is 1. The van der Waals surface area contributed by atoms with E-state index < -0.39 is 0 Å². The highest BCUT2D eigenvalue weighted by molar-refractivity contribution is 6.08. The molecule has 0 aliphatic carbocycles. The maximum atomic E-state index is 13.5. The SMILES string of the molecule is COc1ccc(NC(=O)Cn2nc(-c3ccc(F)cc3)c3cnc4ccc(C)cc4c32)cc1. The highest BCUT2D eigenvalue weighted by atomic mass is 19.1. The lowest BCUT2D eigenvalue weighted by molar-refractivity contribution is -0.116. The average Bonchev–Trinajstić information content (AvgIpc) is 3.18. The van der Waals surface area contributed by atoms with Gasteiger partial charge in [0.15, 0.2) is 0 Å². The molecule has 1 amide bonds. The number of nitrogens with zero attached hydrogens (tertiary/aromatic N) is 3. The van der Waals surface area contributed by atoms with Gasteiger partial charge in [-0.15, -0.1) is 0 Å². The molecule has 0 aliphatic heterocycles. The van der Waals surface area contributed by atoms with Crippen molar-refractivity contribution in [1.29, 1.82) is 0 Å². The molecule has 2 heterocycles. The number of pyridine rings is 1. The molecule has 3 aromatic carbocycles. The first-order chi connectivity index (χ1) is 16.0. The number of halogens is 1. The summed E-state index contributed by atoms with van der Waals surface area (Å²) in [5, 5.41) is 9.36. The standard InChI is InChI=1S/C26H21FN4O2/c1-16-3-12-23-21(13-16)26-22(14-28-23)25(17-4-6-18(27)7-5-17)30-31(26)15-24(32)29-19-8-10-20(33-2)11-9-19/h3-14H,15H2,1-2H3,(H,29,32). The van der Waals surface area contributed by atoms with Gasteiger partial charge in [-0.05, 0) is 67.6 Å². The fraction of sp³-hybridized carbons (Fsp3) is 0.115. The molecule has 5 rings (SSSR count). The van der Waals surface area contributed by atoms with Gasteiger partial charge in [0, 0.05) is 28.2 Å². The van der Waals surface area contributed by atoms with Gasteiger partial charge in [0.1, 0.15) is 23.8 Å². The maximum absolute atomic E-state index is 13.5. The summed E-state index contributed by atoms with van der Waals surface area (Å²) in [6, 6.07) is 19.3. The van der Waals surface area contributed by atoms with Crippen LogP contribution in [0.15, 0.2) is 72.9 Å². The van der Waals surface area contributed by atoms with E-state index in [0.717, 1.165) is 32.9 Å². The van der Waals surface area contributed by atoms with Gasteiger partial charge in [0.2, 0.25) is 5.91 Å². The highest BCUT2D eigenvalue weighted by Crippen LogP contribution is 2.32. The van der Waals surface area contributed by atoms with E-state index in [0.29, 0.717) is 17.1 Å². The number of benzene rings is 3. The van der Waals surface area contributed by atoms with E-state index in [9.17, 15) is 9.18 Å². The van der Waals surface area contributed by atoms with Crippen LogP contribution in [0.1, 0.15) is 5.56 Å². The van der Waals surface area contributed by atoms with Gasteiger partial charge in [0.25, 0.3) is 0 Å². The van der Waals surface area contributed by atoms with Crippen LogP contribution in [-0.4, -0.2) is 27.8 Å². The fourth-order valence-electron chi connectivity index (χ4n) is 3.91. The molecule has 0 radical (unpaired) electrons. The number of methoxy groups -OCH3 is 1. The van der Waals surface area contributed by atoms with Crippen LogP contribution in [0.5, 0.6) is 5.75 Å². The van der Waals surface area contributed by atoms with Crippen LogP contribution >= 0.6 is 0 Å². The van der Waals surface area contributed by atoms with Crippen molar-refractivity contribution in [3.05, 3.63) is 84.3 Å². The molecular weight excluding hydrogens is 419 g/mol. The molecule has 0 fully saturated rings. The van der Waals surface area contributed by atoms with Crippen molar-refractivity contribution in [3.63, 3.8) is 0 Å². The molecule has 7 heteroatoms. The Labute approximate surface area is 189 Å². The van der Waals surface area contributed by atoms with Gasteiger partial charge in [-0.25, -0.2) is 4.39 Å². The molecule has 0 saturated heterocycles. The zero-order valence-electron chi connectivity index (χ0n) is 18.2. The molecule has 5 aromatic rings. The van der Waals surface area contributed by atoms with E-state index in [1.807, 2.05) is 25.1 Å². The summed E-state index contributed by atoms with van der Waals surface area (Å²) in [4.78, 5) is 17.5. The first kappa shape index (κ1) is 20.6. The lowest BCUT2D eigenvalue weighted by Crippen LogP contribution is -2.19. The number of ether oxygens (including phenoxy) is 1. The Hall–Kier alpha value is -4.26. The molecule has 0 atom stereocenters. The number of hydrogen-bond donors (Lipinski definition) is 1. The molecule has 0 bridgehead atoms. The van der Waals surface area contributed by atoms with E-state index in [-0.39, 0.29) is 18.3 Å². The number of rotatable bonds is 5. The Bertz CT molecular complexity index is 1480. The monoisotopic (exact) mass is 440 g/mol. The third-order valence-electron chi connectivity index (χ3n) is 5.51. The second-order valence-corrected chi connectivity index (χ2v) is 7.83. The highest BCUT2D eigenvalue weighted by Gasteiger charge is 2.18. The Balaban J connectivity index is 1.59. The zero-order chi connectivity index (χ0) is 22.9. The van der Waals surface area contributed by atoms with Gasteiger partial charge in [0.05, 0.1) is 18.1 Å². The van der Waals surface area contributed by atoms with Crippen molar-refractivity contribution < 1.29 is 13.9 Å². The van der Waals surface area contributed by atoms with Gasteiger partial charge in [-0.2, -0.15) is 5.10 Å². The number of hydrogen-bond acceptors (Lipinski definition) is 4. The van der Waals surface area contributed by atoms with Crippen molar-refractivity contribution in [2.45, 2.75) is 13.5 Å². The summed E-state index contributed by atoms with van der Waals surface area (Å²) < 4.78 is 20.4. The van der Waals surface area contributed by atoms with Crippen molar-refractivity contribution in [2.24, 2.45) is 0 Å². The average molecular weight is 440 g/mol. The number of amides is 1. The lowest BCUT2D eigenvalue weighted by atomic mass is 10.1. The number of anilines is 1. The summed E-state index contributed by atoms with van der Waals surface area (Å²) in [5.74, 6) is 0.178. The summed E-state index contributed by atoms with van der Waals surface area (Å²) in [7, 11) is 1.59. The number of carbonyl (C=O) groups excluding carboxylic acids is 1. The fourth-order valence-corrected chi connectivity index (χ4v) is 3.91. The first-order valence-corrected chi connectivity index (χ1v) is 10.5. The topological polar surface area (TPSA) is 69.0 Å². The predicted octanol–water partition coefficient (Wildman–Crippen LogP) is 5.35. The molecule has 0 unspecified atom stereocenters. The summed E-state index contributed by atoms with van der Waals surface area (Å²) in [6.07, 6.45) is 1.76. The van der Waals surface area contributed by atoms with E-state index in [4.69, 9.17) is 9.84 Å². The second kappa shape index (κ2) is 8.35. The first-order valence-electron chi connectivity index (χ1n) is 10.5. The Kier molecular flexibility index (Phi) is 5.22. The van der Waals surface area contributed by atoms with Crippen LogP contribution in [0.2, 0.25) is 0 Å². The predicted molar refractivity (Wildman–Crippen MR) is 127 cm³/mol. The minimum atomic E-state index is -0.319. The van der Waals surface area contributed by atoms with Crippen molar-refractivity contribution in [2.75, 3.05) is 12.4 Å². The smallest absolute Gasteiger partial charge is 0.246 e. The minimum Gasteiger partial charge on any atom is -0.497 e. The normalized spacial score (nSPS) is 11.1. The molecule has 2 aromatic heterocycles. The number of fused-ring (bicyclic) bond motifs is 3. The third-order valence-corrected chi connectivity index (χ3v) is 5.51. The molecule has 0 spiro atoms.